The SMILES string of the molecule is Fc1ccc(-n2c3ccccc3c3cc(N(c4ccccc4)c4ccc(-c5ccc(-c6ccc(N(c7ccccc7)c7ccc8c(c7)c7ccccc7n8-c7ccc(F)cc7)cc6)cc5)cc4)ccc32)cc1. The molecular weight excluding hydrogens is 887 g/mol. The predicted molar refractivity (Wildman–Crippen MR) is 295 cm³/mol. The number of rotatable bonds is 10. The monoisotopic (exact) mass is 930 g/mol. The van der Waals surface area contributed by atoms with Gasteiger partial charge in [0.2, 0.25) is 0 Å². The topological polar surface area (TPSA) is 16.3 Å². The fourth-order valence-corrected chi connectivity index (χ4v) is 10.4. The third-order valence-corrected chi connectivity index (χ3v) is 13.8. The highest BCUT2D eigenvalue weighted by atomic mass is 19.1. The second kappa shape index (κ2) is 17.8. The van der Waals surface area contributed by atoms with Crippen LogP contribution >= 0.6 is 0 Å². The van der Waals surface area contributed by atoms with Crippen molar-refractivity contribution in [3.8, 4) is 33.6 Å². The highest BCUT2D eigenvalue weighted by Gasteiger charge is 2.20. The number of hydrogen-bond acceptors (Lipinski definition) is 2. The molecule has 0 aliphatic heterocycles. The Bertz CT molecular complexity index is 3800. The number of para-hydroxylation sites is 4. The Morgan fingerprint density at radius 1 is 0.236 bits per heavy atom. The zero-order valence-electron chi connectivity index (χ0n) is 38.9. The summed E-state index contributed by atoms with van der Waals surface area (Å²) < 4.78 is 32.4. The summed E-state index contributed by atoms with van der Waals surface area (Å²) in [5.41, 5.74) is 16.9. The van der Waals surface area contributed by atoms with Crippen molar-refractivity contribution in [3.05, 3.63) is 279 Å². The Morgan fingerprint density at radius 3 is 0.903 bits per heavy atom. The van der Waals surface area contributed by atoms with Gasteiger partial charge in [-0.2, -0.15) is 0 Å². The van der Waals surface area contributed by atoms with Crippen LogP contribution in [0.15, 0.2) is 267 Å². The van der Waals surface area contributed by atoms with Gasteiger partial charge in [0.1, 0.15) is 11.6 Å². The van der Waals surface area contributed by atoms with E-state index < -0.39 is 0 Å². The molecule has 0 spiro atoms. The summed E-state index contributed by atoms with van der Waals surface area (Å²) in [7, 11) is 0. The maximum Gasteiger partial charge on any atom is 0.123 e. The van der Waals surface area contributed by atoms with E-state index in [9.17, 15) is 8.78 Å². The molecule has 13 aromatic rings. The molecule has 0 atom stereocenters. The zero-order chi connectivity index (χ0) is 48.1. The lowest BCUT2D eigenvalue weighted by atomic mass is 9.99. The van der Waals surface area contributed by atoms with Gasteiger partial charge in [0, 0.05) is 67.0 Å². The van der Waals surface area contributed by atoms with Crippen molar-refractivity contribution in [2.24, 2.45) is 0 Å². The Labute approximate surface area is 415 Å². The van der Waals surface area contributed by atoms with Crippen molar-refractivity contribution in [1.82, 2.24) is 9.13 Å². The molecule has 0 aliphatic rings. The summed E-state index contributed by atoms with van der Waals surface area (Å²) in [6.07, 6.45) is 0. The van der Waals surface area contributed by atoms with Crippen molar-refractivity contribution in [2.45, 2.75) is 0 Å². The molecule has 0 saturated carbocycles. The minimum Gasteiger partial charge on any atom is -0.310 e. The first-order valence-electron chi connectivity index (χ1n) is 24.1. The van der Waals surface area contributed by atoms with Gasteiger partial charge in [0.15, 0.2) is 0 Å². The van der Waals surface area contributed by atoms with E-state index in [2.05, 4.69) is 213 Å². The first-order valence-corrected chi connectivity index (χ1v) is 24.1. The van der Waals surface area contributed by atoms with E-state index in [0.717, 1.165) is 111 Å². The first kappa shape index (κ1) is 42.6. The zero-order valence-corrected chi connectivity index (χ0v) is 38.9. The van der Waals surface area contributed by atoms with Crippen LogP contribution in [0.25, 0.3) is 77.2 Å². The van der Waals surface area contributed by atoms with Crippen LogP contribution < -0.4 is 9.80 Å². The molecule has 2 heterocycles. The van der Waals surface area contributed by atoms with Crippen molar-refractivity contribution in [2.75, 3.05) is 9.80 Å². The van der Waals surface area contributed by atoms with Gasteiger partial charge in [-0.3, -0.25) is 0 Å². The van der Waals surface area contributed by atoms with Gasteiger partial charge in [-0.15, -0.1) is 0 Å². The van der Waals surface area contributed by atoms with Crippen LogP contribution in [0.5, 0.6) is 0 Å². The number of aromatic nitrogens is 2. The van der Waals surface area contributed by atoms with Gasteiger partial charge >= 0.3 is 0 Å². The van der Waals surface area contributed by atoms with Gasteiger partial charge in [-0.1, -0.05) is 121 Å². The molecule has 4 nitrogen and oxygen atoms in total. The maximum atomic E-state index is 14.0. The van der Waals surface area contributed by atoms with E-state index in [1.54, 1.807) is 0 Å². The largest absolute Gasteiger partial charge is 0.310 e. The van der Waals surface area contributed by atoms with Crippen LogP contribution in [0.2, 0.25) is 0 Å². The molecule has 0 saturated heterocycles. The van der Waals surface area contributed by atoms with E-state index >= 15 is 0 Å². The number of anilines is 6. The maximum absolute atomic E-state index is 14.0. The highest BCUT2D eigenvalue weighted by molar-refractivity contribution is 6.12. The fraction of sp³-hybridized carbons (Fsp3) is 0. The van der Waals surface area contributed by atoms with Gasteiger partial charge < -0.3 is 18.9 Å². The molecular formula is C66H44F2N4. The quantitative estimate of drug-likeness (QED) is 0.136. The van der Waals surface area contributed by atoms with E-state index in [4.69, 9.17) is 0 Å². The standard InChI is InChI=1S/C66H44F2N4/c67-49-27-35-55(36-28-49)71-63-17-9-7-15-59(63)61-43-57(39-41-65(61)71)69(51-11-3-1-4-12-51)53-31-23-47(24-32-53)45-19-21-46(22-20-45)48-25-33-54(34-26-48)70(52-13-5-2-6-14-52)58-40-42-66-62(44-58)60-16-8-10-18-64(60)72(66)56-37-29-50(68)30-38-56/h1-44H. The summed E-state index contributed by atoms with van der Waals surface area (Å²) in [6.45, 7) is 0. The summed E-state index contributed by atoms with van der Waals surface area (Å²) >= 11 is 0. The summed E-state index contributed by atoms with van der Waals surface area (Å²) in [6, 6.07) is 90.7. The molecule has 0 bridgehead atoms. The average molecular weight is 931 g/mol. The molecule has 6 heteroatoms. The predicted octanol–water partition coefficient (Wildman–Crippen LogP) is 18.4. The molecule has 0 amide bonds. The van der Waals surface area contributed by atoms with Crippen LogP contribution in [0.3, 0.4) is 0 Å². The van der Waals surface area contributed by atoms with Crippen molar-refractivity contribution in [3.63, 3.8) is 0 Å². The fourth-order valence-electron chi connectivity index (χ4n) is 10.4. The molecule has 0 unspecified atom stereocenters. The van der Waals surface area contributed by atoms with Crippen LogP contribution in [-0.4, -0.2) is 9.13 Å². The first-order chi connectivity index (χ1) is 35.5. The normalized spacial score (nSPS) is 11.5. The van der Waals surface area contributed by atoms with Gasteiger partial charge in [-0.25, -0.2) is 8.78 Å². The Morgan fingerprint density at radius 2 is 0.528 bits per heavy atom. The third kappa shape index (κ3) is 7.54. The molecule has 342 valence electrons. The summed E-state index contributed by atoms with van der Waals surface area (Å²) in [5.74, 6) is -0.507. The van der Waals surface area contributed by atoms with Gasteiger partial charge in [0.05, 0.1) is 22.1 Å². The number of benzene rings is 11. The molecule has 2 aromatic heterocycles. The number of hydrogen-bond donors (Lipinski definition) is 0. The van der Waals surface area contributed by atoms with Gasteiger partial charge in [0.25, 0.3) is 0 Å². The van der Waals surface area contributed by atoms with E-state index in [1.165, 1.54) is 24.3 Å². The smallest absolute Gasteiger partial charge is 0.123 e. The molecule has 0 aliphatic carbocycles. The molecule has 0 radical (unpaired) electrons. The second-order valence-corrected chi connectivity index (χ2v) is 18.1. The molecule has 11 aromatic carbocycles. The number of halogens is 2. The highest BCUT2D eigenvalue weighted by Crippen LogP contribution is 2.43. The number of nitrogens with zero attached hydrogens (tertiary/aromatic N) is 4. The lowest BCUT2D eigenvalue weighted by molar-refractivity contribution is 0.627. The average Bonchev–Trinajstić information content (AvgIpc) is 3.95. The summed E-state index contributed by atoms with van der Waals surface area (Å²) in [4.78, 5) is 4.59. The van der Waals surface area contributed by atoms with Gasteiger partial charge in [-0.05, 0) is 168 Å². The van der Waals surface area contributed by atoms with Crippen LogP contribution in [-0.2, 0) is 0 Å². The van der Waals surface area contributed by atoms with Crippen molar-refractivity contribution < 1.29 is 8.78 Å². The van der Waals surface area contributed by atoms with Crippen molar-refractivity contribution >= 4 is 77.7 Å². The second-order valence-electron chi connectivity index (χ2n) is 18.1. The Balaban J connectivity index is 0.796. The van der Waals surface area contributed by atoms with E-state index in [1.807, 2.05) is 48.5 Å². The molecule has 0 N–H and O–H groups in total. The third-order valence-electron chi connectivity index (χ3n) is 13.8. The van der Waals surface area contributed by atoms with Crippen LogP contribution in [0, 0.1) is 11.6 Å². The molecule has 72 heavy (non-hydrogen) atoms. The lowest BCUT2D eigenvalue weighted by Gasteiger charge is -2.26. The molecule has 13 rings (SSSR count). The van der Waals surface area contributed by atoms with Crippen LogP contribution in [0.4, 0.5) is 42.9 Å². The Kier molecular flexibility index (Phi) is 10.5. The minimum atomic E-state index is -0.254. The minimum absolute atomic E-state index is 0.254. The molecule has 0 fully saturated rings. The van der Waals surface area contributed by atoms with Crippen molar-refractivity contribution in [1.29, 1.82) is 0 Å². The Hall–Kier alpha value is -9.52. The van der Waals surface area contributed by atoms with E-state index in [0.29, 0.717) is 0 Å². The lowest BCUT2D eigenvalue weighted by Crippen LogP contribution is -2.09. The number of fused-ring (bicyclic) bond motifs is 6. The van der Waals surface area contributed by atoms with Crippen LogP contribution in [0.1, 0.15) is 0 Å². The van der Waals surface area contributed by atoms with E-state index in [-0.39, 0.29) is 11.6 Å². The summed E-state index contributed by atoms with van der Waals surface area (Å²) in [5, 5.41) is 4.51.